The van der Waals surface area contributed by atoms with Gasteiger partial charge in [-0.2, -0.15) is 0 Å². The predicted octanol–water partition coefficient (Wildman–Crippen LogP) is 24.9. The van der Waals surface area contributed by atoms with E-state index < -0.39 is 18.4 Å². The van der Waals surface area contributed by atoms with E-state index in [2.05, 4.69) is 38.2 Å². The van der Waals surface area contributed by atoms with Gasteiger partial charge >= 0.3 is 17.9 Å². The SMILES string of the molecule is CCCCCCC/C=C\C/C=C\CCCCCCCCCCCCCCCCCCCCCC(=O)OC(COC(=O)CCCCCCCCCCCCCCCCCCCCCCCCCCCCCCCCCCC)COC(OCC[N+](C)(C)C)C(=O)O. The van der Waals surface area contributed by atoms with E-state index in [9.17, 15) is 19.5 Å². The van der Waals surface area contributed by atoms with Crippen LogP contribution in [0.25, 0.3) is 0 Å². The lowest BCUT2D eigenvalue weighted by molar-refractivity contribution is -0.870. The van der Waals surface area contributed by atoms with E-state index in [0.717, 1.165) is 44.9 Å². The third-order valence-corrected chi connectivity index (χ3v) is 18.2. The number of unbranched alkanes of at least 4 members (excludes halogenated alkanes) is 56. The lowest BCUT2D eigenvalue weighted by atomic mass is 10.0. The fourth-order valence-electron chi connectivity index (χ4n) is 12.2. The lowest BCUT2D eigenvalue weighted by Crippen LogP contribution is -2.40. The number of esters is 2. The highest BCUT2D eigenvalue weighted by molar-refractivity contribution is 5.71. The smallest absolute Gasteiger partial charge is 0.361 e. The first kappa shape index (κ1) is 86.8. The maximum atomic E-state index is 13.0. The quantitative estimate of drug-likeness (QED) is 0.0211. The minimum atomic E-state index is -1.51. The van der Waals surface area contributed by atoms with Crippen molar-refractivity contribution in [1.82, 2.24) is 0 Å². The number of hydrogen-bond donors (Lipinski definition) is 1. The maximum absolute atomic E-state index is 13.0. The van der Waals surface area contributed by atoms with Crippen LogP contribution in [0.4, 0.5) is 0 Å². The van der Waals surface area contributed by atoms with Gasteiger partial charge in [-0.25, -0.2) is 4.79 Å². The van der Waals surface area contributed by atoms with Crippen LogP contribution in [0.15, 0.2) is 24.3 Å². The molecule has 0 spiro atoms. The highest BCUT2D eigenvalue weighted by atomic mass is 16.7. The van der Waals surface area contributed by atoms with Crippen LogP contribution < -0.4 is 0 Å². The Hall–Kier alpha value is -2.23. The number of carboxylic acid groups (broad SMARTS) is 1. The van der Waals surface area contributed by atoms with E-state index in [-0.39, 0.29) is 38.2 Å². The van der Waals surface area contributed by atoms with Gasteiger partial charge in [0.2, 0.25) is 0 Å². The molecule has 526 valence electrons. The standard InChI is InChI=1S/C80H153NO8/c1-6-8-10-12-14-16-18-20-22-24-26-28-30-32-34-36-38-39-41-42-44-46-48-50-52-54-56-58-60-62-64-66-68-70-77(82)87-74-76(75-88-80(79(84)85)86-73-72-81(3,4)5)89-78(83)71-69-67-65-63-61-59-57-55-53-51-49-47-45-43-40-37-35-33-31-29-27-25-23-21-19-17-15-13-11-9-7-2/h19,21,25,27,76,80H,6-18,20,22-24,26,28-75H2,1-5H3/p+1/b21-19-,27-25-. The molecule has 0 radical (unpaired) electrons. The van der Waals surface area contributed by atoms with Crippen molar-refractivity contribution >= 4 is 17.9 Å². The summed E-state index contributed by atoms with van der Waals surface area (Å²) >= 11 is 0. The van der Waals surface area contributed by atoms with Crippen molar-refractivity contribution in [3.05, 3.63) is 24.3 Å². The van der Waals surface area contributed by atoms with Gasteiger partial charge in [-0.3, -0.25) is 9.59 Å². The molecule has 2 unspecified atom stereocenters. The second-order valence-electron chi connectivity index (χ2n) is 28.4. The molecule has 9 heteroatoms. The van der Waals surface area contributed by atoms with Crippen molar-refractivity contribution in [2.75, 3.05) is 47.5 Å². The third kappa shape index (κ3) is 73.1. The van der Waals surface area contributed by atoms with Crippen molar-refractivity contribution in [2.24, 2.45) is 0 Å². The van der Waals surface area contributed by atoms with Crippen molar-refractivity contribution in [1.29, 1.82) is 0 Å². The Morgan fingerprint density at radius 3 is 0.888 bits per heavy atom. The van der Waals surface area contributed by atoms with Crippen LogP contribution >= 0.6 is 0 Å². The maximum Gasteiger partial charge on any atom is 0.361 e. The van der Waals surface area contributed by atoms with Crippen LogP contribution in [0.5, 0.6) is 0 Å². The van der Waals surface area contributed by atoms with E-state index in [1.165, 1.54) is 340 Å². The number of allylic oxidation sites excluding steroid dienone is 4. The molecule has 0 aliphatic rings. The number of carbonyl (C=O) groups excluding carboxylic acids is 2. The number of ether oxygens (including phenoxy) is 4. The highest BCUT2D eigenvalue weighted by Gasteiger charge is 2.25. The summed E-state index contributed by atoms with van der Waals surface area (Å²) in [6.45, 7) is 4.96. The number of rotatable bonds is 75. The van der Waals surface area contributed by atoms with Gasteiger partial charge in [-0.1, -0.05) is 378 Å². The fraction of sp³-hybridized carbons (Fsp3) is 0.912. The predicted molar refractivity (Wildman–Crippen MR) is 383 cm³/mol. The van der Waals surface area contributed by atoms with Gasteiger partial charge in [0.25, 0.3) is 6.29 Å². The zero-order valence-electron chi connectivity index (χ0n) is 60.4. The van der Waals surface area contributed by atoms with Crippen LogP contribution in [0.2, 0.25) is 0 Å². The van der Waals surface area contributed by atoms with Crippen molar-refractivity contribution in [2.45, 2.75) is 424 Å². The first-order chi connectivity index (χ1) is 43.6. The first-order valence-corrected chi connectivity index (χ1v) is 39.5. The lowest BCUT2D eigenvalue weighted by Gasteiger charge is -2.25. The van der Waals surface area contributed by atoms with Gasteiger partial charge in [0.15, 0.2) is 6.10 Å². The summed E-state index contributed by atoms with van der Waals surface area (Å²) in [5.41, 5.74) is 0. The Kier molecular flexibility index (Phi) is 69.8. The minimum Gasteiger partial charge on any atom is -0.477 e. The van der Waals surface area contributed by atoms with E-state index in [1.807, 2.05) is 21.1 Å². The zero-order chi connectivity index (χ0) is 64.7. The van der Waals surface area contributed by atoms with Gasteiger partial charge in [-0.15, -0.1) is 0 Å². The number of nitrogens with zero attached hydrogens (tertiary/aromatic N) is 1. The molecule has 1 N–H and O–H groups in total. The molecule has 0 amide bonds. The van der Waals surface area contributed by atoms with E-state index >= 15 is 0 Å². The second kappa shape index (κ2) is 71.6. The van der Waals surface area contributed by atoms with E-state index in [4.69, 9.17) is 18.9 Å². The fourth-order valence-corrected chi connectivity index (χ4v) is 12.2. The number of carbonyl (C=O) groups is 3. The zero-order valence-corrected chi connectivity index (χ0v) is 60.4. The number of aliphatic carboxylic acids is 1. The highest BCUT2D eigenvalue weighted by Crippen LogP contribution is 2.20. The molecule has 0 bridgehead atoms. The molecule has 2 atom stereocenters. The van der Waals surface area contributed by atoms with E-state index in [1.54, 1.807) is 0 Å². The molecule has 0 aromatic rings. The van der Waals surface area contributed by atoms with Crippen molar-refractivity contribution < 1.29 is 42.9 Å². The molecule has 0 saturated carbocycles. The van der Waals surface area contributed by atoms with Gasteiger partial charge in [0.05, 0.1) is 34.4 Å². The average Bonchev–Trinajstić information content (AvgIpc) is 3.64. The van der Waals surface area contributed by atoms with Crippen LogP contribution in [0.1, 0.15) is 412 Å². The van der Waals surface area contributed by atoms with Crippen LogP contribution in [-0.4, -0.2) is 87.4 Å². The molecule has 0 aliphatic carbocycles. The van der Waals surface area contributed by atoms with Crippen LogP contribution in [0.3, 0.4) is 0 Å². The molecule has 0 saturated heterocycles. The molecule has 89 heavy (non-hydrogen) atoms. The molecule has 9 nitrogen and oxygen atoms in total. The molecule has 0 rings (SSSR count). The summed E-state index contributed by atoms with van der Waals surface area (Å²) in [4.78, 5) is 37.7. The largest absolute Gasteiger partial charge is 0.477 e. The number of likely N-dealkylation sites (N-methyl/N-ethyl adjacent to an activating group) is 1. The normalized spacial score (nSPS) is 12.7. The van der Waals surface area contributed by atoms with Gasteiger partial charge in [-0.05, 0) is 44.9 Å². The Labute approximate surface area is 554 Å². The van der Waals surface area contributed by atoms with Gasteiger partial charge in [0.1, 0.15) is 13.2 Å². The number of hydrogen-bond acceptors (Lipinski definition) is 7. The minimum absolute atomic E-state index is 0.174. The molecule has 0 fully saturated rings. The number of carboxylic acids is 1. The molecule has 0 aromatic carbocycles. The summed E-state index contributed by atoms with van der Waals surface area (Å²) in [6.07, 6.45) is 87.6. The Balaban J connectivity index is 3.97. The summed E-state index contributed by atoms with van der Waals surface area (Å²) in [6, 6.07) is 0. The summed E-state index contributed by atoms with van der Waals surface area (Å²) in [5, 5.41) is 9.77. The van der Waals surface area contributed by atoms with Crippen molar-refractivity contribution in [3.8, 4) is 0 Å². The molecule has 0 aliphatic heterocycles. The summed E-state index contributed by atoms with van der Waals surface area (Å²) in [5.74, 6) is -1.97. The molecule has 0 aromatic heterocycles. The summed E-state index contributed by atoms with van der Waals surface area (Å²) < 4.78 is 23.1. The third-order valence-electron chi connectivity index (χ3n) is 18.2. The topological polar surface area (TPSA) is 108 Å². The monoisotopic (exact) mass is 1260 g/mol. The van der Waals surface area contributed by atoms with E-state index in [0.29, 0.717) is 17.4 Å². The Morgan fingerprint density at radius 2 is 0.607 bits per heavy atom. The Bertz CT molecular complexity index is 1510. The summed E-state index contributed by atoms with van der Waals surface area (Å²) in [7, 11) is 6.00. The average molecular weight is 1260 g/mol. The molecular weight excluding hydrogens is 1100 g/mol. The van der Waals surface area contributed by atoms with Crippen LogP contribution in [0, 0.1) is 0 Å². The molecular formula is C80H154NO8+. The number of quaternary nitrogens is 1. The molecule has 0 heterocycles. The van der Waals surface area contributed by atoms with Crippen molar-refractivity contribution in [3.63, 3.8) is 0 Å². The van der Waals surface area contributed by atoms with Gasteiger partial charge in [0, 0.05) is 12.8 Å². The second-order valence-corrected chi connectivity index (χ2v) is 28.4. The Morgan fingerprint density at radius 1 is 0.337 bits per heavy atom. The van der Waals surface area contributed by atoms with Gasteiger partial charge < -0.3 is 28.5 Å². The van der Waals surface area contributed by atoms with Crippen LogP contribution in [-0.2, 0) is 33.3 Å². The first-order valence-electron chi connectivity index (χ1n) is 39.5.